The summed E-state index contributed by atoms with van der Waals surface area (Å²) in [5, 5.41) is 13.9. The molecule has 2 heterocycles. The van der Waals surface area contributed by atoms with Crippen LogP contribution in [0.4, 0.5) is 0 Å². The molecule has 0 amide bonds. The van der Waals surface area contributed by atoms with E-state index in [1.807, 2.05) is 19.2 Å². The first-order chi connectivity index (χ1) is 12.7. The van der Waals surface area contributed by atoms with Crippen molar-refractivity contribution in [1.82, 2.24) is 25.8 Å². The molecular formula is C19H31IN6O. The predicted molar refractivity (Wildman–Crippen MR) is 118 cm³/mol. The number of nitrogens with zero attached hydrogens (tertiary/aromatic N) is 3. The lowest BCUT2D eigenvalue weighted by Crippen LogP contribution is -2.39. The Morgan fingerprint density at radius 1 is 1.33 bits per heavy atom. The van der Waals surface area contributed by atoms with Gasteiger partial charge in [0.1, 0.15) is 5.82 Å². The molecule has 2 atom stereocenters. The lowest BCUT2D eigenvalue weighted by Gasteiger charge is -2.26. The average molecular weight is 486 g/mol. The van der Waals surface area contributed by atoms with Crippen LogP contribution < -0.4 is 10.6 Å². The van der Waals surface area contributed by atoms with E-state index in [2.05, 4.69) is 37.7 Å². The van der Waals surface area contributed by atoms with Gasteiger partial charge in [-0.1, -0.05) is 26.2 Å². The van der Waals surface area contributed by atoms with Gasteiger partial charge in [-0.05, 0) is 36.8 Å². The summed E-state index contributed by atoms with van der Waals surface area (Å²) in [6.45, 7) is 4.09. The van der Waals surface area contributed by atoms with Crippen molar-refractivity contribution in [2.75, 3.05) is 20.1 Å². The molecule has 2 aromatic rings. The standard InChI is InChI=1S/C19H30N6O.HI/c1-14-5-3-6-15(13-14)8-10-21-19(20-2)22-11-9-17-23-18(25-24-17)16-7-4-12-26-16;/h4,7,12,14-15H,3,5-6,8-11,13H2,1-2H3,(H2,20,21,22)(H,23,24,25);1H. The van der Waals surface area contributed by atoms with E-state index >= 15 is 0 Å². The molecule has 0 spiro atoms. The van der Waals surface area contributed by atoms with Crippen LogP contribution in [0.3, 0.4) is 0 Å². The maximum atomic E-state index is 5.30. The van der Waals surface area contributed by atoms with E-state index in [0.29, 0.717) is 11.6 Å². The molecule has 0 radical (unpaired) electrons. The van der Waals surface area contributed by atoms with Crippen LogP contribution >= 0.6 is 24.0 Å². The minimum atomic E-state index is 0. The van der Waals surface area contributed by atoms with E-state index < -0.39 is 0 Å². The van der Waals surface area contributed by atoms with E-state index in [9.17, 15) is 0 Å². The summed E-state index contributed by atoms with van der Waals surface area (Å²) in [6.07, 6.45) is 9.12. The second-order valence-corrected chi connectivity index (χ2v) is 7.19. The highest BCUT2D eigenvalue weighted by molar-refractivity contribution is 14.0. The van der Waals surface area contributed by atoms with Gasteiger partial charge in [0.2, 0.25) is 5.82 Å². The zero-order valence-corrected chi connectivity index (χ0v) is 18.5. The SMILES string of the molecule is CN=C(NCCc1nc(-c2ccco2)n[nH]1)NCCC1CCCC(C)C1.I. The molecule has 150 valence electrons. The third kappa shape index (κ3) is 6.82. The van der Waals surface area contributed by atoms with Crippen LogP contribution in [0.1, 0.15) is 44.9 Å². The highest BCUT2D eigenvalue weighted by Crippen LogP contribution is 2.30. The summed E-state index contributed by atoms with van der Waals surface area (Å²) >= 11 is 0. The van der Waals surface area contributed by atoms with Crippen molar-refractivity contribution >= 4 is 29.9 Å². The second kappa shape index (κ2) is 11.3. The first-order valence-corrected chi connectivity index (χ1v) is 9.64. The molecule has 0 saturated heterocycles. The maximum Gasteiger partial charge on any atom is 0.216 e. The number of aromatic nitrogens is 3. The zero-order chi connectivity index (χ0) is 18.2. The van der Waals surface area contributed by atoms with Gasteiger partial charge in [-0.25, -0.2) is 4.98 Å². The van der Waals surface area contributed by atoms with Crippen LogP contribution in [0.2, 0.25) is 0 Å². The fourth-order valence-electron chi connectivity index (χ4n) is 3.66. The van der Waals surface area contributed by atoms with Crippen LogP contribution in [0.25, 0.3) is 11.6 Å². The Balaban J connectivity index is 0.00000261. The zero-order valence-electron chi connectivity index (χ0n) is 16.2. The number of guanidine groups is 1. The number of furan rings is 1. The number of aromatic amines is 1. The molecule has 3 rings (SSSR count). The Bertz CT molecular complexity index is 684. The molecule has 0 aliphatic heterocycles. The smallest absolute Gasteiger partial charge is 0.216 e. The maximum absolute atomic E-state index is 5.30. The summed E-state index contributed by atoms with van der Waals surface area (Å²) in [7, 11) is 1.81. The Labute approximate surface area is 178 Å². The van der Waals surface area contributed by atoms with Crippen LogP contribution in [0.5, 0.6) is 0 Å². The molecule has 8 heteroatoms. The van der Waals surface area contributed by atoms with Crippen molar-refractivity contribution < 1.29 is 4.42 Å². The largest absolute Gasteiger partial charge is 0.461 e. The fourth-order valence-corrected chi connectivity index (χ4v) is 3.66. The van der Waals surface area contributed by atoms with Crippen molar-refractivity contribution in [2.24, 2.45) is 16.8 Å². The molecule has 27 heavy (non-hydrogen) atoms. The Hall–Kier alpha value is -1.58. The van der Waals surface area contributed by atoms with Gasteiger partial charge in [-0.2, -0.15) is 5.10 Å². The topological polar surface area (TPSA) is 91.1 Å². The van der Waals surface area contributed by atoms with Gasteiger partial charge in [0.15, 0.2) is 11.7 Å². The van der Waals surface area contributed by atoms with Crippen LogP contribution in [0, 0.1) is 11.8 Å². The minimum Gasteiger partial charge on any atom is -0.461 e. The van der Waals surface area contributed by atoms with E-state index in [1.165, 1.54) is 32.1 Å². The van der Waals surface area contributed by atoms with Gasteiger partial charge in [0, 0.05) is 26.6 Å². The third-order valence-electron chi connectivity index (χ3n) is 5.04. The van der Waals surface area contributed by atoms with Gasteiger partial charge in [-0.3, -0.25) is 10.1 Å². The van der Waals surface area contributed by atoms with Crippen LogP contribution in [0.15, 0.2) is 27.8 Å². The number of H-pyrrole nitrogens is 1. The number of halogens is 1. The van der Waals surface area contributed by atoms with Gasteiger partial charge in [-0.15, -0.1) is 24.0 Å². The summed E-state index contributed by atoms with van der Waals surface area (Å²) in [6, 6.07) is 3.68. The molecule has 1 saturated carbocycles. The highest BCUT2D eigenvalue weighted by Gasteiger charge is 2.18. The molecule has 0 aromatic carbocycles. The second-order valence-electron chi connectivity index (χ2n) is 7.19. The normalized spacial score (nSPS) is 20.1. The summed E-state index contributed by atoms with van der Waals surface area (Å²) in [5.74, 6) is 4.69. The lowest BCUT2D eigenvalue weighted by molar-refractivity contribution is 0.270. The van der Waals surface area contributed by atoms with Gasteiger partial charge >= 0.3 is 0 Å². The quantitative estimate of drug-likeness (QED) is 0.316. The van der Waals surface area contributed by atoms with Crippen molar-refractivity contribution in [2.45, 2.75) is 45.4 Å². The van der Waals surface area contributed by atoms with E-state index in [1.54, 1.807) is 6.26 Å². The van der Waals surface area contributed by atoms with Crippen molar-refractivity contribution in [3.8, 4) is 11.6 Å². The number of aliphatic imine (C=N–C) groups is 1. The summed E-state index contributed by atoms with van der Waals surface area (Å²) in [5.41, 5.74) is 0. The van der Waals surface area contributed by atoms with Crippen molar-refractivity contribution in [3.05, 3.63) is 24.2 Å². The number of hydrogen-bond acceptors (Lipinski definition) is 4. The Kier molecular flexibility index (Phi) is 9.09. The van der Waals surface area contributed by atoms with Crippen LogP contribution in [-0.4, -0.2) is 41.3 Å². The van der Waals surface area contributed by atoms with Crippen molar-refractivity contribution in [1.29, 1.82) is 0 Å². The average Bonchev–Trinajstić information content (AvgIpc) is 3.32. The van der Waals surface area contributed by atoms with Gasteiger partial charge in [0.25, 0.3) is 0 Å². The molecule has 1 aliphatic rings. The van der Waals surface area contributed by atoms with E-state index in [-0.39, 0.29) is 24.0 Å². The highest BCUT2D eigenvalue weighted by atomic mass is 127. The minimum absolute atomic E-state index is 0. The Morgan fingerprint density at radius 2 is 2.19 bits per heavy atom. The molecule has 2 unspecified atom stereocenters. The monoisotopic (exact) mass is 486 g/mol. The Morgan fingerprint density at radius 3 is 2.93 bits per heavy atom. The molecule has 1 aliphatic carbocycles. The van der Waals surface area contributed by atoms with Gasteiger partial charge in [0.05, 0.1) is 6.26 Å². The van der Waals surface area contributed by atoms with Gasteiger partial charge < -0.3 is 15.1 Å². The van der Waals surface area contributed by atoms with Crippen molar-refractivity contribution in [3.63, 3.8) is 0 Å². The summed E-state index contributed by atoms with van der Waals surface area (Å²) in [4.78, 5) is 8.74. The van der Waals surface area contributed by atoms with E-state index in [0.717, 1.165) is 43.1 Å². The first kappa shape index (κ1) is 21.7. The predicted octanol–water partition coefficient (Wildman–Crippen LogP) is 3.61. The molecular weight excluding hydrogens is 455 g/mol. The number of nitrogens with one attached hydrogen (secondary N) is 3. The van der Waals surface area contributed by atoms with E-state index in [4.69, 9.17) is 4.42 Å². The molecule has 2 aromatic heterocycles. The van der Waals surface area contributed by atoms with Crippen LogP contribution in [-0.2, 0) is 6.42 Å². The molecule has 3 N–H and O–H groups in total. The number of rotatable bonds is 7. The third-order valence-corrected chi connectivity index (χ3v) is 5.04. The molecule has 1 fully saturated rings. The fraction of sp³-hybridized carbons (Fsp3) is 0.632. The number of hydrogen-bond donors (Lipinski definition) is 3. The molecule has 0 bridgehead atoms. The summed E-state index contributed by atoms with van der Waals surface area (Å²) < 4.78 is 5.30. The molecule has 7 nitrogen and oxygen atoms in total. The first-order valence-electron chi connectivity index (χ1n) is 9.64. The lowest BCUT2D eigenvalue weighted by atomic mass is 9.81.